The molecule has 19 heavy (non-hydrogen) atoms. The highest BCUT2D eigenvalue weighted by Gasteiger charge is 2.33. The summed E-state index contributed by atoms with van der Waals surface area (Å²) in [6.07, 6.45) is 14.6. The Balaban J connectivity index is 2.03. The lowest BCUT2D eigenvalue weighted by Crippen LogP contribution is -2.15. The van der Waals surface area contributed by atoms with E-state index in [-0.39, 0.29) is 24.4 Å². The molecule has 108 valence electrons. The number of rotatable bonds is 10. The Labute approximate surface area is 116 Å². The zero-order valence-electron chi connectivity index (χ0n) is 12.0. The topological polar surface area (TPSA) is 43.4 Å². The van der Waals surface area contributed by atoms with Gasteiger partial charge in [0.25, 0.3) is 0 Å². The van der Waals surface area contributed by atoms with Gasteiger partial charge in [0.15, 0.2) is 0 Å². The van der Waals surface area contributed by atoms with Gasteiger partial charge in [-0.2, -0.15) is 0 Å². The third-order valence-corrected chi connectivity index (χ3v) is 3.60. The molecule has 1 heterocycles. The second kappa shape index (κ2) is 9.76. The van der Waals surface area contributed by atoms with Crippen molar-refractivity contribution in [2.24, 2.45) is 5.92 Å². The molecule has 1 rings (SSSR count). The number of carbonyl (C=O) groups is 2. The quantitative estimate of drug-likeness (QED) is 0.261. The van der Waals surface area contributed by atoms with Crippen LogP contribution < -0.4 is 0 Å². The molecule has 0 spiro atoms. The van der Waals surface area contributed by atoms with Gasteiger partial charge >= 0.3 is 5.97 Å². The van der Waals surface area contributed by atoms with E-state index in [0.717, 1.165) is 12.7 Å². The van der Waals surface area contributed by atoms with Crippen molar-refractivity contribution in [1.29, 1.82) is 0 Å². The average molecular weight is 266 g/mol. The van der Waals surface area contributed by atoms with Crippen molar-refractivity contribution < 1.29 is 14.3 Å². The normalized spacial score (nSPS) is 22.9. The summed E-state index contributed by atoms with van der Waals surface area (Å²) in [5, 5.41) is 0. The number of unbranched alkanes of at least 4 members (excludes halogenated alkanes) is 6. The Morgan fingerprint density at radius 3 is 2.63 bits per heavy atom. The molecule has 0 saturated carbocycles. The van der Waals surface area contributed by atoms with Crippen molar-refractivity contribution in [3.05, 3.63) is 12.2 Å². The summed E-state index contributed by atoms with van der Waals surface area (Å²) >= 11 is 0. The first-order valence-corrected chi connectivity index (χ1v) is 7.57. The van der Waals surface area contributed by atoms with E-state index in [4.69, 9.17) is 4.74 Å². The Morgan fingerprint density at radius 2 is 1.89 bits per heavy atom. The number of ether oxygens (including phenoxy) is 1. The predicted molar refractivity (Wildman–Crippen MR) is 75.8 cm³/mol. The van der Waals surface area contributed by atoms with E-state index in [9.17, 15) is 9.59 Å². The van der Waals surface area contributed by atoms with Crippen LogP contribution in [0, 0.1) is 5.92 Å². The van der Waals surface area contributed by atoms with Gasteiger partial charge in [0.2, 0.25) is 0 Å². The van der Waals surface area contributed by atoms with Crippen LogP contribution in [0.2, 0.25) is 0 Å². The summed E-state index contributed by atoms with van der Waals surface area (Å²) in [6, 6.07) is 0. The zero-order chi connectivity index (χ0) is 13.9. The molecular weight excluding hydrogens is 240 g/mol. The maximum atomic E-state index is 11.1. The first-order valence-electron chi connectivity index (χ1n) is 7.57. The molecule has 3 heteroatoms. The van der Waals surface area contributed by atoms with E-state index in [1.165, 1.54) is 38.5 Å². The molecule has 1 saturated heterocycles. The van der Waals surface area contributed by atoms with E-state index in [1.54, 1.807) is 0 Å². The van der Waals surface area contributed by atoms with Crippen LogP contribution in [0.3, 0.4) is 0 Å². The van der Waals surface area contributed by atoms with Gasteiger partial charge < -0.3 is 9.53 Å². The van der Waals surface area contributed by atoms with Crippen molar-refractivity contribution in [1.82, 2.24) is 0 Å². The highest BCUT2D eigenvalue weighted by atomic mass is 16.5. The van der Waals surface area contributed by atoms with Crippen LogP contribution in [0.4, 0.5) is 0 Å². The molecule has 1 fully saturated rings. The Kier molecular flexibility index (Phi) is 8.19. The van der Waals surface area contributed by atoms with Gasteiger partial charge in [0, 0.05) is 6.42 Å². The number of hydrogen-bond acceptors (Lipinski definition) is 3. The molecular formula is C16H26O3. The average Bonchev–Trinajstić information content (AvgIpc) is 2.77. The summed E-state index contributed by atoms with van der Waals surface area (Å²) in [6.45, 7) is 2.23. The fourth-order valence-corrected chi connectivity index (χ4v) is 2.38. The first-order chi connectivity index (χ1) is 9.27. The Hall–Kier alpha value is -1.12. The van der Waals surface area contributed by atoms with Crippen molar-refractivity contribution in [2.45, 2.75) is 70.8 Å². The predicted octanol–water partition coefficient (Wildman–Crippen LogP) is 3.81. The minimum absolute atomic E-state index is 0.231. The lowest BCUT2D eigenvalue weighted by atomic mass is 10.0. The Bertz CT molecular complexity index is 296. The molecule has 0 N–H and O–H groups in total. The van der Waals surface area contributed by atoms with E-state index in [1.807, 2.05) is 6.08 Å². The largest absolute Gasteiger partial charge is 0.461 e. The third kappa shape index (κ3) is 6.55. The van der Waals surface area contributed by atoms with Crippen LogP contribution in [0.5, 0.6) is 0 Å². The van der Waals surface area contributed by atoms with Gasteiger partial charge in [-0.05, 0) is 12.8 Å². The molecule has 1 aliphatic heterocycles. The van der Waals surface area contributed by atoms with Crippen LogP contribution >= 0.6 is 0 Å². The third-order valence-electron chi connectivity index (χ3n) is 3.60. The maximum Gasteiger partial charge on any atom is 0.306 e. The minimum atomic E-state index is -0.244. The van der Waals surface area contributed by atoms with E-state index in [2.05, 4.69) is 13.0 Å². The second-order valence-electron chi connectivity index (χ2n) is 5.30. The summed E-state index contributed by atoms with van der Waals surface area (Å²) in [5.41, 5.74) is 0. The standard InChI is InChI=1S/C16H26O3/c1-2-3-4-5-6-7-8-9-10-11-15-14(13-17)12-16(18)19-15/h9-10,13-15H,2-8,11-12H2,1H3/b10-9+/t14-,15-/m0/s1. The SMILES string of the molecule is CCCCCCCC/C=C/C[C@@H]1OC(=O)C[C@H]1C=O. The number of cyclic esters (lactones) is 1. The van der Waals surface area contributed by atoms with Gasteiger partial charge in [-0.15, -0.1) is 0 Å². The lowest BCUT2D eigenvalue weighted by molar-refractivity contribution is -0.141. The molecule has 0 aromatic heterocycles. The van der Waals surface area contributed by atoms with Crippen molar-refractivity contribution in [3.63, 3.8) is 0 Å². The first kappa shape index (κ1) is 15.9. The highest BCUT2D eigenvalue weighted by molar-refractivity contribution is 5.77. The molecule has 0 aromatic rings. The van der Waals surface area contributed by atoms with Crippen molar-refractivity contribution in [3.8, 4) is 0 Å². The molecule has 0 amide bonds. The van der Waals surface area contributed by atoms with E-state index in [0.29, 0.717) is 6.42 Å². The van der Waals surface area contributed by atoms with Crippen LogP contribution in [0.1, 0.15) is 64.7 Å². The van der Waals surface area contributed by atoms with Crippen molar-refractivity contribution in [2.75, 3.05) is 0 Å². The van der Waals surface area contributed by atoms with Gasteiger partial charge in [0.1, 0.15) is 12.4 Å². The molecule has 1 aliphatic rings. The maximum absolute atomic E-state index is 11.1. The minimum Gasteiger partial charge on any atom is -0.461 e. The number of hydrogen-bond donors (Lipinski definition) is 0. The van der Waals surface area contributed by atoms with Gasteiger partial charge in [0.05, 0.1) is 12.3 Å². The number of carbonyl (C=O) groups excluding carboxylic acids is 2. The molecule has 2 atom stereocenters. The summed E-state index contributed by atoms with van der Waals surface area (Å²) in [5.74, 6) is -0.488. The highest BCUT2D eigenvalue weighted by Crippen LogP contribution is 2.23. The zero-order valence-corrected chi connectivity index (χ0v) is 12.0. The molecule has 0 bridgehead atoms. The summed E-state index contributed by atoms with van der Waals surface area (Å²) in [7, 11) is 0. The van der Waals surface area contributed by atoms with Gasteiger partial charge in [-0.1, -0.05) is 51.2 Å². The number of aldehydes is 1. The molecule has 3 nitrogen and oxygen atoms in total. The molecule has 0 aromatic carbocycles. The van der Waals surface area contributed by atoms with Crippen LogP contribution in [0.25, 0.3) is 0 Å². The number of esters is 1. The summed E-state index contributed by atoms with van der Waals surface area (Å²) < 4.78 is 5.12. The summed E-state index contributed by atoms with van der Waals surface area (Å²) in [4.78, 5) is 21.8. The van der Waals surface area contributed by atoms with Gasteiger partial charge in [-0.25, -0.2) is 0 Å². The van der Waals surface area contributed by atoms with Crippen LogP contribution in [-0.2, 0) is 14.3 Å². The molecule has 0 aliphatic carbocycles. The monoisotopic (exact) mass is 266 g/mol. The van der Waals surface area contributed by atoms with E-state index >= 15 is 0 Å². The molecule has 0 radical (unpaired) electrons. The van der Waals surface area contributed by atoms with Gasteiger partial charge in [-0.3, -0.25) is 4.79 Å². The lowest BCUT2D eigenvalue weighted by Gasteiger charge is -2.09. The smallest absolute Gasteiger partial charge is 0.306 e. The van der Waals surface area contributed by atoms with Crippen molar-refractivity contribution >= 4 is 12.3 Å². The van der Waals surface area contributed by atoms with Crippen LogP contribution in [-0.4, -0.2) is 18.4 Å². The van der Waals surface area contributed by atoms with Crippen LogP contribution in [0.15, 0.2) is 12.2 Å². The van der Waals surface area contributed by atoms with E-state index < -0.39 is 0 Å². The number of allylic oxidation sites excluding steroid dienone is 1. The fourth-order valence-electron chi connectivity index (χ4n) is 2.38. The molecule has 0 unspecified atom stereocenters. The Morgan fingerprint density at radius 1 is 1.16 bits per heavy atom. The second-order valence-corrected chi connectivity index (χ2v) is 5.30. The fraction of sp³-hybridized carbons (Fsp3) is 0.750.